The molecule has 28 heavy (non-hydrogen) atoms. The van der Waals surface area contributed by atoms with E-state index >= 15 is 0 Å². The number of nitrogens with zero attached hydrogens (tertiary/aromatic N) is 2. The molecule has 0 saturated heterocycles. The van der Waals surface area contributed by atoms with Crippen molar-refractivity contribution in [3.63, 3.8) is 0 Å². The summed E-state index contributed by atoms with van der Waals surface area (Å²) in [5.74, 6) is 0.136. The maximum absolute atomic E-state index is 13.6. The maximum Gasteiger partial charge on any atom is 0.275 e. The Bertz CT molecular complexity index is 1070. The van der Waals surface area contributed by atoms with E-state index in [-0.39, 0.29) is 5.69 Å². The van der Waals surface area contributed by atoms with Gasteiger partial charge >= 0.3 is 0 Å². The number of aromatic nitrogens is 3. The minimum Gasteiger partial charge on any atom is -0.342 e. The van der Waals surface area contributed by atoms with Crippen LogP contribution in [0.1, 0.15) is 34.2 Å². The van der Waals surface area contributed by atoms with E-state index in [1.54, 1.807) is 17.5 Å². The Labute approximate surface area is 165 Å². The first-order chi connectivity index (χ1) is 13.7. The number of imidazole rings is 1. The SMILES string of the molecule is O=C(Nc1ccccc1F)c1csc(CCCCc2nc3ccccc3[nH]2)n1. The number of amides is 1. The van der Waals surface area contributed by atoms with E-state index in [1.807, 2.05) is 24.3 Å². The summed E-state index contributed by atoms with van der Waals surface area (Å²) in [5, 5.41) is 5.18. The Balaban J connectivity index is 1.27. The highest BCUT2D eigenvalue weighted by molar-refractivity contribution is 7.09. The Kier molecular flexibility index (Phi) is 5.43. The molecule has 1 amide bonds. The van der Waals surface area contributed by atoms with Gasteiger partial charge in [0.15, 0.2) is 0 Å². The second-order valence-electron chi connectivity index (χ2n) is 6.47. The number of rotatable bonds is 7. The van der Waals surface area contributed by atoms with E-state index in [4.69, 9.17) is 0 Å². The summed E-state index contributed by atoms with van der Waals surface area (Å²) in [6.45, 7) is 0. The second-order valence-corrected chi connectivity index (χ2v) is 7.41. The molecule has 2 N–H and O–H groups in total. The van der Waals surface area contributed by atoms with Gasteiger partial charge in [-0.1, -0.05) is 24.3 Å². The molecular formula is C21H19FN4OS. The smallest absolute Gasteiger partial charge is 0.275 e. The molecule has 2 aromatic heterocycles. The number of benzene rings is 2. The fourth-order valence-corrected chi connectivity index (χ4v) is 3.79. The second kappa shape index (κ2) is 8.31. The van der Waals surface area contributed by atoms with Gasteiger partial charge in [0.25, 0.3) is 5.91 Å². The standard InChI is InChI=1S/C21H19FN4OS/c22-14-7-1-2-8-15(14)26-21(27)18-13-28-20(25-18)12-6-5-11-19-23-16-9-3-4-10-17(16)24-19/h1-4,7-10,13H,5-6,11-12H2,(H,23,24)(H,26,27). The lowest BCUT2D eigenvalue weighted by molar-refractivity contribution is 0.102. The Morgan fingerprint density at radius 3 is 2.68 bits per heavy atom. The van der Waals surface area contributed by atoms with E-state index < -0.39 is 11.7 Å². The van der Waals surface area contributed by atoms with Crippen LogP contribution in [0.4, 0.5) is 10.1 Å². The van der Waals surface area contributed by atoms with Crippen molar-refractivity contribution in [1.82, 2.24) is 15.0 Å². The van der Waals surface area contributed by atoms with Crippen molar-refractivity contribution in [2.24, 2.45) is 0 Å². The molecule has 0 saturated carbocycles. The number of H-pyrrole nitrogens is 1. The van der Waals surface area contributed by atoms with Gasteiger partial charge in [-0.15, -0.1) is 11.3 Å². The first-order valence-corrected chi connectivity index (χ1v) is 10.0. The molecule has 0 aliphatic rings. The van der Waals surface area contributed by atoms with Gasteiger partial charge in [0.1, 0.15) is 17.3 Å². The number of aryl methyl sites for hydroxylation is 2. The van der Waals surface area contributed by atoms with E-state index in [2.05, 4.69) is 20.3 Å². The molecule has 0 spiro atoms. The average Bonchev–Trinajstić information content (AvgIpc) is 3.33. The van der Waals surface area contributed by atoms with Gasteiger partial charge in [-0.2, -0.15) is 0 Å². The van der Waals surface area contributed by atoms with Gasteiger partial charge in [0, 0.05) is 11.8 Å². The molecule has 0 aliphatic heterocycles. The van der Waals surface area contributed by atoms with E-state index in [1.165, 1.54) is 23.5 Å². The molecule has 7 heteroatoms. The molecule has 2 aromatic carbocycles. The molecule has 0 radical (unpaired) electrons. The molecule has 0 aliphatic carbocycles. The molecule has 0 bridgehead atoms. The minimum absolute atomic E-state index is 0.160. The number of halogens is 1. The fraction of sp³-hybridized carbons (Fsp3) is 0.190. The lowest BCUT2D eigenvalue weighted by atomic mass is 10.2. The van der Waals surface area contributed by atoms with E-state index in [0.29, 0.717) is 5.69 Å². The van der Waals surface area contributed by atoms with E-state index in [0.717, 1.165) is 47.5 Å². The molecule has 0 fully saturated rings. The average molecular weight is 394 g/mol. The quantitative estimate of drug-likeness (QED) is 0.435. The number of carbonyl (C=O) groups is 1. The predicted octanol–water partition coefficient (Wildman–Crippen LogP) is 4.98. The zero-order valence-corrected chi connectivity index (χ0v) is 15.9. The van der Waals surface area contributed by atoms with Crippen molar-refractivity contribution in [3.05, 3.63) is 76.3 Å². The minimum atomic E-state index is -0.461. The number of hydrogen-bond donors (Lipinski definition) is 2. The van der Waals surface area contributed by atoms with Crippen molar-refractivity contribution in [2.45, 2.75) is 25.7 Å². The number of fused-ring (bicyclic) bond motifs is 1. The molecule has 2 heterocycles. The largest absolute Gasteiger partial charge is 0.342 e. The Morgan fingerprint density at radius 2 is 1.82 bits per heavy atom. The summed E-state index contributed by atoms with van der Waals surface area (Å²) >= 11 is 1.45. The van der Waals surface area contributed by atoms with Crippen LogP contribution in [-0.2, 0) is 12.8 Å². The van der Waals surface area contributed by atoms with Crippen molar-refractivity contribution >= 4 is 34.0 Å². The topological polar surface area (TPSA) is 70.7 Å². The first kappa shape index (κ1) is 18.3. The van der Waals surface area contributed by atoms with Crippen LogP contribution in [0.15, 0.2) is 53.9 Å². The van der Waals surface area contributed by atoms with Crippen LogP contribution >= 0.6 is 11.3 Å². The van der Waals surface area contributed by atoms with Crippen LogP contribution in [0.3, 0.4) is 0 Å². The number of aromatic amines is 1. The first-order valence-electron chi connectivity index (χ1n) is 9.13. The lowest BCUT2D eigenvalue weighted by Crippen LogP contribution is -2.13. The summed E-state index contributed by atoms with van der Waals surface area (Å²) in [6, 6.07) is 14.1. The van der Waals surface area contributed by atoms with Gasteiger partial charge in [-0.25, -0.2) is 14.4 Å². The summed E-state index contributed by atoms with van der Waals surface area (Å²) in [6.07, 6.45) is 3.62. The maximum atomic E-state index is 13.6. The van der Waals surface area contributed by atoms with Gasteiger partial charge in [-0.3, -0.25) is 4.79 Å². The van der Waals surface area contributed by atoms with Crippen LogP contribution < -0.4 is 5.32 Å². The summed E-state index contributed by atoms with van der Waals surface area (Å²) in [4.78, 5) is 24.5. The molecule has 0 atom stereocenters. The van der Waals surface area contributed by atoms with Crippen LogP contribution in [0, 0.1) is 5.82 Å². The normalized spacial score (nSPS) is 11.0. The van der Waals surface area contributed by atoms with Gasteiger partial charge in [0.05, 0.1) is 21.7 Å². The Hall–Kier alpha value is -3.06. The van der Waals surface area contributed by atoms with Crippen molar-refractivity contribution in [2.75, 3.05) is 5.32 Å². The number of thiazole rings is 1. The number of anilines is 1. The highest BCUT2D eigenvalue weighted by Crippen LogP contribution is 2.18. The summed E-state index contributed by atoms with van der Waals surface area (Å²) in [7, 11) is 0. The molecule has 4 rings (SSSR count). The lowest BCUT2D eigenvalue weighted by Gasteiger charge is -2.03. The number of hydrogen-bond acceptors (Lipinski definition) is 4. The van der Waals surface area contributed by atoms with Crippen LogP contribution in [0.5, 0.6) is 0 Å². The zero-order valence-electron chi connectivity index (χ0n) is 15.1. The highest BCUT2D eigenvalue weighted by Gasteiger charge is 2.13. The third-order valence-electron chi connectivity index (χ3n) is 4.40. The fourth-order valence-electron chi connectivity index (χ4n) is 2.97. The third-order valence-corrected chi connectivity index (χ3v) is 5.31. The van der Waals surface area contributed by atoms with Gasteiger partial charge < -0.3 is 10.3 Å². The summed E-state index contributed by atoms with van der Waals surface area (Å²) in [5.41, 5.74) is 2.53. The number of nitrogens with one attached hydrogen (secondary N) is 2. The summed E-state index contributed by atoms with van der Waals surface area (Å²) < 4.78 is 13.6. The van der Waals surface area contributed by atoms with E-state index in [9.17, 15) is 9.18 Å². The van der Waals surface area contributed by atoms with Crippen LogP contribution in [0.25, 0.3) is 11.0 Å². The molecule has 142 valence electrons. The van der Waals surface area contributed by atoms with Gasteiger partial charge in [-0.05, 0) is 43.5 Å². The number of unbranched alkanes of at least 4 members (excludes halogenated alkanes) is 1. The van der Waals surface area contributed by atoms with Crippen molar-refractivity contribution in [1.29, 1.82) is 0 Å². The highest BCUT2D eigenvalue weighted by atomic mass is 32.1. The zero-order chi connectivity index (χ0) is 19.3. The van der Waals surface area contributed by atoms with Gasteiger partial charge in [0.2, 0.25) is 0 Å². The van der Waals surface area contributed by atoms with Crippen LogP contribution in [0.2, 0.25) is 0 Å². The Morgan fingerprint density at radius 1 is 1.04 bits per heavy atom. The molecule has 5 nitrogen and oxygen atoms in total. The van der Waals surface area contributed by atoms with Crippen molar-refractivity contribution < 1.29 is 9.18 Å². The number of carbonyl (C=O) groups excluding carboxylic acids is 1. The van der Waals surface area contributed by atoms with Crippen LogP contribution in [-0.4, -0.2) is 20.9 Å². The third kappa shape index (κ3) is 4.26. The number of para-hydroxylation sites is 3. The van der Waals surface area contributed by atoms with Crippen molar-refractivity contribution in [3.8, 4) is 0 Å². The molecular weight excluding hydrogens is 375 g/mol. The monoisotopic (exact) mass is 394 g/mol. The predicted molar refractivity (Wildman–Crippen MR) is 109 cm³/mol. The molecule has 0 unspecified atom stereocenters. The molecule has 4 aromatic rings.